The number of halogens is 1. The molecule has 0 radical (unpaired) electrons. The summed E-state index contributed by atoms with van der Waals surface area (Å²) in [7, 11) is 1.74. The van der Waals surface area contributed by atoms with E-state index in [-0.39, 0.29) is 12.3 Å². The highest BCUT2D eigenvalue weighted by Gasteiger charge is 2.17. The first-order chi connectivity index (χ1) is 11.0. The van der Waals surface area contributed by atoms with E-state index < -0.39 is 0 Å². The van der Waals surface area contributed by atoms with Gasteiger partial charge in [-0.25, -0.2) is 0 Å². The van der Waals surface area contributed by atoms with Crippen molar-refractivity contribution in [3.63, 3.8) is 0 Å². The molecule has 0 fully saturated rings. The van der Waals surface area contributed by atoms with E-state index in [0.717, 1.165) is 27.7 Å². The topological polar surface area (TPSA) is 33.5 Å². The number of hydrogen-bond acceptors (Lipinski definition) is 2. The van der Waals surface area contributed by atoms with Gasteiger partial charge in [-0.3, -0.25) is 4.79 Å². The van der Waals surface area contributed by atoms with Crippen LogP contribution in [0.4, 0.5) is 5.69 Å². The van der Waals surface area contributed by atoms with Crippen LogP contribution in [0.1, 0.15) is 16.7 Å². The average molecular weight is 328 g/mol. The first-order valence-electron chi connectivity index (χ1n) is 7.46. The minimum Gasteiger partial charge on any atom is -0.464 e. The van der Waals surface area contributed by atoms with Crippen LogP contribution >= 0.6 is 11.6 Å². The Bertz CT molecular complexity index is 882. The average Bonchev–Trinajstić information content (AvgIpc) is 2.90. The van der Waals surface area contributed by atoms with Gasteiger partial charge in [-0.15, -0.1) is 0 Å². The van der Waals surface area contributed by atoms with Crippen molar-refractivity contribution in [3.05, 3.63) is 64.4 Å². The quantitative estimate of drug-likeness (QED) is 0.685. The summed E-state index contributed by atoms with van der Waals surface area (Å²) in [6, 6.07) is 11.4. The lowest BCUT2D eigenvalue weighted by Crippen LogP contribution is -2.28. The number of para-hydroxylation sites is 1. The van der Waals surface area contributed by atoms with Crippen LogP contribution in [-0.4, -0.2) is 13.0 Å². The fourth-order valence-corrected chi connectivity index (χ4v) is 3.16. The maximum absolute atomic E-state index is 12.6. The highest BCUT2D eigenvalue weighted by molar-refractivity contribution is 6.33. The first kappa shape index (κ1) is 15.6. The predicted octanol–water partition coefficient (Wildman–Crippen LogP) is 4.91. The first-order valence-corrected chi connectivity index (χ1v) is 7.83. The zero-order chi connectivity index (χ0) is 16.6. The van der Waals surface area contributed by atoms with E-state index in [1.165, 1.54) is 0 Å². The Morgan fingerprint density at radius 3 is 2.70 bits per heavy atom. The summed E-state index contributed by atoms with van der Waals surface area (Å²) in [5.74, 6) is -0.0271. The normalized spacial score (nSPS) is 11.0. The van der Waals surface area contributed by atoms with E-state index in [2.05, 4.69) is 6.07 Å². The summed E-state index contributed by atoms with van der Waals surface area (Å²) >= 11 is 6.17. The zero-order valence-corrected chi connectivity index (χ0v) is 14.1. The summed E-state index contributed by atoms with van der Waals surface area (Å²) < 4.78 is 5.62. The molecule has 4 heteroatoms. The van der Waals surface area contributed by atoms with Crippen molar-refractivity contribution < 1.29 is 9.21 Å². The molecule has 0 aliphatic carbocycles. The van der Waals surface area contributed by atoms with E-state index in [9.17, 15) is 4.79 Å². The maximum atomic E-state index is 12.6. The summed E-state index contributed by atoms with van der Waals surface area (Å²) in [5.41, 5.74) is 4.71. The molecule has 3 nitrogen and oxygen atoms in total. The van der Waals surface area contributed by atoms with Crippen molar-refractivity contribution >= 4 is 34.2 Å². The number of anilines is 1. The van der Waals surface area contributed by atoms with Crippen molar-refractivity contribution in [2.24, 2.45) is 0 Å². The third kappa shape index (κ3) is 2.97. The molecule has 0 unspecified atom stereocenters. The highest BCUT2D eigenvalue weighted by Crippen LogP contribution is 2.28. The standard InChI is InChI=1S/C19H18ClNO2/c1-12-8-13(2)19-14(11-23-17(19)9-12)10-18(22)21(3)16-7-5-4-6-15(16)20/h4-9,11H,10H2,1-3H3. The molecule has 0 aliphatic heterocycles. The van der Waals surface area contributed by atoms with Gasteiger partial charge in [0.05, 0.1) is 23.4 Å². The van der Waals surface area contributed by atoms with Gasteiger partial charge in [0, 0.05) is 18.0 Å². The van der Waals surface area contributed by atoms with Crippen molar-refractivity contribution in [2.75, 3.05) is 11.9 Å². The van der Waals surface area contributed by atoms with Crippen molar-refractivity contribution in [2.45, 2.75) is 20.3 Å². The van der Waals surface area contributed by atoms with Crippen molar-refractivity contribution in [1.82, 2.24) is 0 Å². The minimum absolute atomic E-state index is 0.0271. The molecule has 0 aliphatic rings. The molecule has 1 aromatic heterocycles. The lowest BCUT2D eigenvalue weighted by molar-refractivity contribution is -0.117. The van der Waals surface area contributed by atoms with Crippen LogP contribution in [0.3, 0.4) is 0 Å². The Morgan fingerprint density at radius 2 is 1.96 bits per heavy atom. The van der Waals surface area contributed by atoms with Crippen molar-refractivity contribution in [3.8, 4) is 0 Å². The fraction of sp³-hybridized carbons (Fsp3) is 0.211. The van der Waals surface area contributed by atoms with E-state index >= 15 is 0 Å². The van der Waals surface area contributed by atoms with E-state index in [4.69, 9.17) is 16.0 Å². The second-order valence-corrected chi connectivity index (χ2v) is 6.20. The van der Waals surface area contributed by atoms with Gasteiger partial charge >= 0.3 is 0 Å². The molecule has 0 N–H and O–H groups in total. The van der Waals surface area contributed by atoms with Gasteiger partial charge in [0.1, 0.15) is 5.58 Å². The minimum atomic E-state index is -0.0271. The lowest BCUT2D eigenvalue weighted by Gasteiger charge is -2.18. The molecule has 23 heavy (non-hydrogen) atoms. The summed E-state index contributed by atoms with van der Waals surface area (Å²) in [6.45, 7) is 4.07. The smallest absolute Gasteiger partial charge is 0.231 e. The zero-order valence-electron chi connectivity index (χ0n) is 13.4. The predicted molar refractivity (Wildman–Crippen MR) is 94.3 cm³/mol. The molecule has 1 heterocycles. The highest BCUT2D eigenvalue weighted by atomic mass is 35.5. The number of rotatable bonds is 3. The van der Waals surface area contributed by atoms with Gasteiger partial charge in [-0.1, -0.05) is 29.8 Å². The van der Waals surface area contributed by atoms with Crippen LogP contribution in [0.2, 0.25) is 5.02 Å². The molecular formula is C19H18ClNO2. The van der Waals surface area contributed by atoms with Gasteiger partial charge in [0.25, 0.3) is 0 Å². The number of amides is 1. The number of carbonyl (C=O) groups is 1. The molecule has 0 bridgehead atoms. The molecule has 0 atom stereocenters. The van der Waals surface area contributed by atoms with Gasteiger partial charge in [0.2, 0.25) is 5.91 Å². The van der Waals surface area contributed by atoms with Gasteiger partial charge in [0.15, 0.2) is 0 Å². The number of hydrogen-bond donors (Lipinski definition) is 0. The number of furan rings is 1. The number of carbonyl (C=O) groups excluding carboxylic acids is 1. The summed E-state index contributed by atoms with van der Waals surface area (Å²) in [4.78, 5) is 14.2. The Balaban J connectivity index is 1.90. The third-order valence-corrected chi connectivity index (χ3v) is 4.34. The number of likely N-dealkylation sites (N-methyl/N-ethyl adjacent to an activating group) is 1. The number of benzene rings is 2. The SMILES string of the molecule is Cc1cc(C)c2c(CC(=O)N(C)c3ccccc3Cl)coc2c1. The van der Waals surface area contributed by atoms with Crippen LogP contribution < -0.4 is 4.90 Å². The number of fused-ring (bicyclic) bond motifs is 1. The van der Waals surface area contributed by atoms with Crippen LogP contribution in [0.5, 0.6) is 0 Å². The fourth-order valence-electron chi connectivity index (χ4n) is 2.90. The molecule has 0 spiro atoms. The van der Waals surface area contributed by atoms with E-state index in [0.29, 0.717) is 10.7 Å². The molecule has 1 amide bonds. The number of nitrogens with zero attached hydrogens (tertiary/aromatic N) is 1. The van der Waals surface area contributed by atoms with E-state index in [1.807, 2.05) is 38.1 Å². The molecule has 118 valence electrons. The molecule has 3 aromatic rings. The van der Waals surface area contributed by atoms with Crippen molar-refractivity contribution in [1.29, 1.82) is 0 Å². The largest absolute Gasteiger partial charge is 0.464 e. The summed E-state index contributed by atoms with van der Waals surface area (Å²) in [5, 5.41) is 1.59. The molecule has 0 saturated heterocycles. The third-order valence-electron chi connectivity index (χ3n) is 4.02. The molecular weight excluding hydrogens is 310 g/mol. The Hall–Kier alpha value is -2.26. The Kier molecular flexibility index (Phi) is 4.14. The molecule has 0 saturated carbocycles. The van der Waals surface area contributed by atoms with Crippen LogP contribution in [0, 0.1) is 13.8 Å². The van der Waals surface area contributed by atoms with Crippen LogP contribution in [0.15, 0.2) is 47.1 Å². The van der Waals surface area contributed by atoms with E-state index in [1.54, 1.807) is 24.3 Å². The van der Waals surface area contributed by atoms with Gasteiger partial charge < -0.3 is 9.32 Å². The van der Waals surface area contributed by atoms with Crippen LogP contribution in [-0.2, 0) is 11.2 Å². The molecule has 2 aromatic carbocycles. The Labute approximate surface area is 140 Å². The van der Waals surface area contributed by atoms with Crippen LogP contribution in [0.25, 0.3) is 11.0 Å². The molecule has 3 rings (SSSR count). The number of aryl methyl sites for hydroxylation is 2. The lowest BCUT2D eigenvalue weighted by atomic mass is 10.0. The summed E-state index contributed by atoms with van der Waals surface area (Å²) in [6.07, 6.45) is 1.95. The Morgan fingerprint density at radius 1 is 1.22 bits per heavy atom. The second-order valence-electron chi connectivity index (χ2n) is 5.80. The maximum Gasteiger partial charge on any atom is 0.231 e. The second kappa shape index (κ2) is 6.09. The van der Waals surface area contributed by atoms with Gasteiger partial charge in [-0.05, 0) is 43.2 Å². The monoisotopic (exact) mass is 327 g/mol. The van der Waals surface area contributed by atoms with Gasteiger partial charge in [-0.2, -0.15) is 0 Å².